The number of benzene rings is 3. The molecule has 0 aliphatic carbocycles. The second kappa shape index (κ2) is 9.43. The number of carbonyl (C=O) groups is 1. The normalized spacial score (nSPS) is 11.1. The summed E-state index contributed by atoms with van der Waals surface area (Å²) in [4.78, 5) is 12.4. The fraction of sp³-hybridized carbons (Fsp3) is 0.148. The van der Waals surface area contributed by atoms with Crippen molar-refractivity contribution in [2.75, 3.05) is 0 Å². The largest absolute Gasteiger partial charge is 0.477 e. The lowest BCUT2D eigenvalue weighted by atomic mass is 10.1. The molecule has 4 nitrogen and oxygen atoms in total. The van der Waals surface area contributed by atoms with Crippen molar-refractivity contribution in [2.45, 2.75) is 26.6 Å². The Balaban J connectivity index is 1.70. The molecular weight excluding hydrogens is 420 g/mol. The summed E-state index contributed by atoms with van der Waals surface area (Å²) in [5, 5.41) is 15.2. The van der Waals surface area contributed by atoms with Gasteiger partial charge in [0.25, 0.3) is 0 Å². The van der Waals surface area contributed by atoms with E-state index in [4.69, 9.17) is 11.6 Å². The second-order valence-electron chi connectivity index (χ2n) is 7.91. The highest BCUT2D eigenvalue weighted by Gasteiger charge is 2.22. The van der Waals surface area contributed by atoms with Gasteiger partial charge >= 0.3 is 5.97 Å². The molecule has 5 heteroatoms. The fourth-order valence-corrected chi connectivity index (χ4v) is 4.12. The van der Waals surface area contributed by atoms with Gasteiger partial charge in [0.2, 0.25) is 0 Å². The van der Waals surface area contributed by atoms with Gasteiger partial charge in [0.1, 0.15) is 5.69 Å². The molecule has 2 N–H and O–H groups in total. The number of nitrogens with zero attached hydrogens (tertiary/aromatic N) is 1. The minimum atomic E-state index is -0.926. The number of halogens is 1. The van der Waals surface area contributed by atoms with Gasteiger partial charge in [-0.2, -0.15) is 0 Å². The molecule has 0 atom stereocenters. The summed E-state index contributed by atoms with van der Waals surface area (Å²) < 4.78 is 1.91. The Hall–Kier alpha value is -3.34. The molecular formula is C27H25ClN2O2. The first-order valence-corrected chi connectivity index (χ1v) is 10.9. The number of nitrogens with one attached hydrogen (secondary N) is 1. The minimum Gasteiger partial charge on any atom is -0.477 e. The molecule has 0 amide bonds. The van der Waals surface area contributed by atoms with Crippen LogP contribution >= 0.6 is 11.6 Å². The first-order valence-electron chi connectivity index (χ1n) is 10.5. The molecule has 0 unspecified atom stereocenters. The van der Waals surface area contributed by atoms with Crippen molar-refractivity contribution < 1.29 is 9.90 Å². The zero-order valence-electron chi connectivity index (χ0n) is 17.9. The standard InChI is InChI=1S/C27H25ClN2O2/c1-3-19-5-7-21(8-6-19)17-30-25-14-18(2)4-13-23(25)24(26(30)27(31)32)16-29-15-20-9-11-22(28)12-10-20/h3-14,29H,1,15-17H2,2H3,(H,31,32). The van der Waals surface area contributed by atoms with Crippen molar-refractivity contribution in [2.24, 2.45) is 0 Å². The van der Waals surface area contributed by atoms with Crippen molar-refractivity contribution in [3.05, 3.63) is 112 Å². The first-order chi connectivity index (χ1) is 15.5. The second-order valence-corrected chi connectivity index (χ2v) is 8.35. The van der Waals surface area contributed by atoms with Gasteiger partial charge in [-0.1, -0.05) is 72.8 Å². The SMILES string of the molecule is C=Cc1ccc(Cn2c(C(=O)O)c(CNCc3ccc(Cl)cc3)c3ccc(C)cc32)cc1. The number of aromatic carboxylic acids is 1. The Morgan fingerprint density at radius 1 is 1.03 bits per heavy atom. The van der Waals surface area contributed by atoms with Crippen LogP contribution in [0.4, 0.5) is 0 Å². The summed E-state index contributed by atoms with van der Waals surface area (Å²) in [5.74, 6) is -0.926. The van der Waals surface area contributed by atoms with E-state index in [0.717, 1.165) is 38.7 Å². The molecule has 162 valence electrons. The van der Waals surface area contributed by atoms with Crippen LogP contribution in [-0.4, -0.2) is 15.6 Å². The van der Waals surface area contributed by atoms with Crippen molar-refractivity contribution in [1.29, 1.82) is 0 Å². The zero-order chi connectivity index (χ0) is 22.7. The summed E-state index contributed by atoms with van der Waals surface area (Å²) in [6.45, 7) is 7.37. The van der Waals surface area contributed by atoms with Crippen LogP contribution in [0.1, 0.15) is 38.3 Å². The van der Waals surface area contributed by atoms with E-state index in [0.29, 0.717) is 30.4 Å². The Morgan fingerprint density at radius 2 is 1.72 bits per heavy atom. The molecule has 0 spiro atoms. The van der Waals surface area contributed by atoms with E-state index in [9.17, 15) is 9.90 Å². The molecule has 32 heavy (non-hydrogen) atoms. The number of carboxylic acids is 1. The van der Waals surface area contributed by atoms with Crippen LogP contribution in [0.5, 0.6) is 0 Å². The number of rotatable bonds is 8. The monoisotopic (exact) mass is 444 g/mol. The Kier molecular flexibility index (Phi) is 6.45. The molecule has 0 bridgehead atoms. The van der Waals surface area contributed by atoms with Crippen LogP contribution in [0.25, 0.3) is 17.0 Å². The van der Waals surface area contributed by atoms with Gasteiger partial charge < -0.3 is 15.0 Å². The number of hydrogen-bond acceptors (Lipinski definition) is 2. The van der Waals surface area contributed by atoms with Crippen LogP contribution in [0.3, 0.4) is 0 Å². The average molecular weight is 445 g/mol. The summed E-state index contributed by atoms with van der Waals surface area (Å²) in [6.07, 6.45) is 1.80. The van der Waals surface area contributed by atoms with Gasteiger partial charge in [-0.3, -0.25) is 0 Å². The van der Waals surface area contributed by atoms with Crippen molar-refractivity contribution in [3.63, 3.8) is 0 Å². The highest BCUT2D eigenvalue weighted by Crippen LogP contribution is 2.29. The maximum atomic E-state index is 12.4. The van der Waals surface area contributed by atoms with E-state index in [1.807, 2.05) is 72.2 Å². The predicted octanol–water partition coefficient (Wildman–Crippen LogP) is 6.28. The molecule has 0 aliphatic rings. The van der Waals surface area contributed by atoms with Crippen LogP contribution in [0.2, 0.25) is 5.02 Å². The third-order valence-corrected chi connectivity index (χ3v) is 5.88. The molecule has 0 saturated carbocycles. The summed E-state index contributed by atoms with van der Waals surface area (Å²) >= 11 is 5.97. The van der Waals surface area contributed by atoms with Crippen molar-refractivity contribution >= 4 is 34.5 Å². The highest BCUT2D eigenvalue weighted by molar-refractivity contribution is 6.30. The molecule has 1 aromatic heterocycles. The van der Waals surface area contributed by atoms with E-state index in [1.165, 1.54) is 0 Å². The van der Waals surface area contributed by atoms with E-state index >= 15 is 0 Å². The van der Waals surface area contributed by atoms with Gasteiger partial charge in [0.15, 0.2) is 0 Å². The lowest BCUT2D eigenvalue weighted by Crippen LogP contribution is -2.17. The predicted molar refractivity (Wildman–Crippen MR) is 131 cm³/mol. The molecule has 0 fully saturated rings. The Morgan fingerprint density at radius 3 is 2.38 bits per heavy atom. The molecule has 1 heterocycles. The van der Waals surface area contributed by atoms with Crippen LogP contribution < -0.4 is 5.32 Å². The average Bonchev–Trinajstić information content (AvgIpc) is 3.08. The van der Waals surface area contributed by atoms with Gasteiger partial charge in [-0.05, 0) is 47.4 Å². The molecule has 3 aromatic carbocycles. The van der Waals surface area contributed by atoms with Gasteiger partial charge in [-0.15, -0.1) is 0 Å². The van der Waals surface area contributed by atoms with E-state index in [1.54, 1.807) is 6.08 Å². The summed E-state index contributed by atoms with van der Waals surface area (Å²) in [5.41, 5.74) is 6.30. The quantitative estimate of drug-likeness (QED) is 0.336. The fourth-order valence-electron chi connectivity index (χ4n) is 3.99. The van der Waals surface area contributed by atoms with Crippen molar-refractivity contribution in [3.8, 4) is 0 Å². The zero-order valence-corrected chi connectivity index (χ0v) is 18.7. The Bertz CT molecular complexity index is 1270. The van der Waals surface area contributed by atoms with Gasteiger partial charge in [0.05, 0.1) is 0 Å². The number of aromatic nitrogens is 1. The number of hydrogen-bond donors (Lipinski definition) is 2. The maximum Gasteiger partial charge on any atom is 0.352 e. The molecule has 0 radical (unpaired) electrons. The number of aryl methyl sites for hydroxylation is 1. The summed E-state index contributed by atoms with van der Waals surface area (Å²) in [7, 11) is 0. The first kappa shape index (κ1) is 21.9. The third kappa shape index (κ3) is 4.62. The number of carboxylic acid groups (broad SMARTS) is 1. The van der Waals surface area contributed by atoms with Gasteiger partial charge in [0, 0.05) is 41.1 Å². The highest BCUT2D eigenvalue weighted by atomic mass is 35.5. The summed E-state index contributed by atoms with van der Waals surface area (Å²) in [6, 6.07) is 21.8. The topological polar surface area (TPSA) is 54.3 Å². The third-order valence-electron chi connectivity index (χ3n) is 5.63. The lowest BCUT2D eigenvalue weighted by Gasteiger charge is -2.11. The molecule has 4 aromatic rings. The van der Waals surface area contributed by atoms with E-state index < -0.39 is 5.97 Å². The van der Waals surface area contributed by atoms with Crippen LogP contribution in [0.15, 0.2) is 73.3 Å². The van der Waals surface area contributed by atoms with E-state index in [-0.39, 0.29) is 0 Å². The van der Waals surface area contributed by atoms with Crippen LogP contribution in [0, 0.1) is 6.92 Å². The van der Waals surface area contributed by atoms with Gasteiger partial charge in [-0.25, -0.2) is 4.79 Å². The maximum absolute atomic E-state index is 12.4. The molecule has 0 aliphatic heterocycles. The number of fused-ring (bicyclic) bond motifs is 1. The minimum absolute atomic E-state index is 0.321. The molecule has 4 rings (SSSR count). The van der Waals surface area contributed by atoms with Crippen molar-refractivity contribution in [1.82, 2.24) is 9.88 Å². The van der Waals surface area contributed by atoms with Crippen LogP contribution in [-0.2, 0) is 19.6 Å². The Labute approximate surface area is 192 Å². The van der Waals surface area contributed by atoms with E-state index in [2.05, 4.69) is 18.0 Å². The lowest BCUT2D eigenvalue weighted by molar-refractivity contribution is 0.0684. The smallest absolute Gasteiger partial charge is 0.352 e. The molecule has 0 saturated heterocycles.